The summed E-state index contributed by atoms with van der Waals surface area (Å²) in [7, 11) is -3.44. The first-order valence-corrected chi connectivity index (χ1v) is 7.24. The summed E-state index contributed by atoms with van der Waals surface area (Å²) in [6.07, 6.45) is 1.06. The van der Waals surface area contributed by atoms with Gasteiger partial charge in [-0.2, -0.15) is 8.42 Å². The minimum Gasteiger partial charge on any atom is -0.481 e. The zero-order valence-corrected chi connectivity index (χ0v) is 11.1. The van der Waals surface area contributed by atoms with Crippen LogP contribution in [-0.2, 0) is 25.7 Å². The van der Waals surface area contributed by atoms with Gasteiger partial charge in [-0.25, -0.2) is 0 Å². The molecule has 0 amide bonds. The second-order valence-corrected chi connectivity index (χ2v) is 5.85. The van der Waals surface area contributed by atoms with Crippen molar-refractivity contribution in [3.05, 3.63) is 35.4 Å². The highest BCUT2D eigenvalue weighted by atomic mass is 32.2. The van der Waals surface area contributed by atoms with E-state index >= 15 is 0 Å². The maximum absolute atomic E-state index is 10.8. The fourth-order valence-electron chi connectivity index (χ4n) is 1.50. The molecule has 0 saturated heterocycles. The zero-order valence-electron chi connectivity index (χ0n) is 10.3. The highest BCUT2D eigenvalue weighted by Gasteiger charge is 2.10. The van der Waals surface area contributed by atoms with Gasteiger partial charge in [0.05, 0.1) is 19.3 Å². The van der Waals surface area contributed by atoms with Crippen LogP contribution in [0.2, 0.25) is 0 Å². The Morgan fingerprint density at radius 3 is 2.33 bits per heavy atom. The number of hydrogen-bond donors (Lipinski definition) is 1. The standard InChI is InChI=1S/C12H16O5S/c1-9(7-12(13)14)11-5-3-10(4-6-11)8-17-18(2,15)16/h3-6,9H,7-8H2,1-2H3,(H,13,14)/t9-/m1/s1. The van der Waals surface area contributed by atoms with Crippen LogP contribution in [0, 0.1) is 0 Å². The molecule has 1 aromatic carbocycles. The van der Waals surface area contributed by atoms with Crippen molar-refractivity contribution < 1.29 is 22.5 Å². The van der Waals surface area contributed by atoms with Gasteiger partial charge in [0.1, 0.15) is 0 Å². The largest absolute Gasteiger partial charge is 0.481 e. The Hall–Kier alpha value is -1.40. The van der Waals surface area contributed by atoms with E-state index in [1.54, 1.807) is 24.3 Å². The maximum atomic E-state index is 10.8. The third kappa shape index (κ3) is 5.29. The molecule has 18 heavy (non-hydrogen) atoms. The van der Waals surface area contributed by atoms with E-state index in [-0.39, 0.29) is 18.9 Å². The molecular formula is C12H16O5S. The molecule has 0 aliphatic heterocycles. The van der Waals surface area contributed by atoms with Crippen LogP contribution in [0.15, 0.2) is 24.3 Å². The topological polar surface area (TPSA) is 80.7 Å². The Balaban J connectivity index is 2.65. The first-order chi connectivity index (χ1) is 8.28. The molecule has 1 atom stereocenters. The lowest BCUT2D eigenvalue weighted by molar-refractivity contribution is -0.137. The number of benzene rings is 1. The molecule has 5 nitrogen and oxygen atoms in total. The van der Waals surface area contributed by atoms with Crippen molar-refractivity contribution in [1.82, 2.24) is 0 Å². The van der Waals surface area contributed by atoms with Crippen LogP contribution < -0.4 is 0 Å². The quantitative estimate of drug-likeness (QED) is 0.798. The fraction of sp³-hybridized carbons (Fsp3) is 0.417. The minimum atomic E-state index is -3.44. The Labute approximate surface area is 107 Å². The molecular weight excluding hydrogens is 256 g/mol. The predicted molar refractivity (Wildman–Crippen MR) is 66.7 cm³/mol. The van der Waals surface area contributed by atoms with Crippen molar-refractivity contribution in [3.63, 3.8) is 0 Å². The van der Waals surface area contributed by atoms with Crippen LogP contribution in [0.25, 0.3) is 0 Å². The molecule has 0 bridgehead atoms. The van der Waals surface area contributed by atoms with Crippen LogP contribution in [0.4, 0.5) is 0 Å². The van der Waals surface area contributed by atoms with E-state index in [4.69, 9.17) is 5.11 Å². The summed E-state index contributed by atoms with van der Waals surface area (Å²) >= 11 is 0. The van der Waals surface area contributed by atoms with Gasteiger partial charge < -0.3 is 5.11 Å². The van der Waals surface area contributed by atoms with E-state index < -0.39 is 16.1 Å². The molecule has 0 saturated carbocycles. The van der Waals surface area contributed by atoms with Gasteiger partial charge in [-0.15, -0.1) is 0 Å². The lowest BCUT2D eigenvalue weighted by Crippen LogP contribution is -2.04. The second kappa shape index (κ2) is 5.97. The van der Waals surface area contributed by atoms with Crippen molar-refractivity contribution >= 4 is 16.1 Å². The summed E-state index contributed by atoms with van der Waals surface area (Å²) in [5.74, 6) is -0.917. The van der Waals surface area contributed by atoms with Crippen molar-refractivity contribution in [2.45, 2.75) is 25.9 Å². The highest BCUT2D eigenvalue weighted by Crippen LogP contribution is 2.19. The molecule has 1 rings (SSSR count). The first-order valence-electron chi connectivity index (χ1n) is 5.43. The number of hydrogen-bond acceptors (Lipinski definition) is 4. The summed E-state index contributed by atoms with van der Waals surface area (Å²) in [5.41, 5.74) is 1.63. The van der Waals surface area contributed by atoms with Crippen LogP contribution in [0.3, 0.4) is 0 Å². The summed E-state index contributed by atoms with van der Waals surface area (Å²) < 4.78 is 26.3. The number of carbonyl (C=O) groups is 1. The van der Waals surface area contributed by atoms with Crippen LogP contribution in [0.5, 0.6) is 0 Å². The molecule has 0 aliphatic rings. The minimum absolute atomic E-state index is 0.00752. The third-order valence-electron chi connectivity index (χ3n) is 2.47. The van der Waals surface area contributed by atoms with Gasteiger partial charge >= 0.3 is 5.97 Å². The molecule has 0 aromatic heterocycles. The molecule has 0 radical (unpaired) electrons. The van der Waals surface area contributed by atoms with E-state index in [9.17, 15) is 13.2 Å². The van der Waals surface area contributed by atoms with Gasteiger partial charge in [-0.1, -0.05) is 31.2 Å². The molecule has 1 aromatic rings. The Morgan fingerprint density at radius 2 is 1.89 bits per heavy atom. The Bertz CT molecular complexity index is 504. The van der Waals surface area contributed by atoms with Crippen molar-refractivity contribution in [1.29, 1.82) is 0 Å². The van der Waals surface area contributed by atoms with E-state index in [0.29, 0.717) is 0 Å². The molecule has 6 heteroatoms. The lowest BCUT2D eigenvalue weighted by atomic mass is 9.97. The zero-order chi connectivity index (χ0) is 13.8. The van der Waals surface area contributed by atoms with Gasteiger partial charge in [0.2, 0.25) is 0 Å². The molecule has 0 aliphatic carbocycles. The van der Waals surface area contributed by atoms with Gasteiger partial charge in [0.25, 0.3) is 10.1 Å². The van der Waals surface area contributed by atoms with Crippen LogP contribution >= 0.6 is 0 Å². The average Bonchev–Trinajstić information content (AvgIpc) is 2.25. The first kappa shape index (κ1) is 14.7. The monoisotopic (exact) mass is 272 g/mol. The van der Waals surface area contributed by atoms with Gasteiger partial charge in [0, 0.05) is 0 Å². The Kier molecular flexibility index (Phi) is 4.86. The SMILES string of the molecule is C[C@H](CC(=O)O)c1ccc(COS(C)(=O)=O)cc1. The molecule has 0 spiro atoms. The smallest absolute Gasteiger partial charge is 0.303 e. The van der Waals surface area contributed by atoms with E-state index in [1.165, 1.54) is 0 Å². The fourth-order valence-corrected chi connectivity index (χ4v) is 1.85. The van der Waals surface area contributed by atoms with Gasteiger partial charge in [0.15, 0.2) is 0 Å². The summed E-state index contributed by atoms with van der Waals surface area (Å²) in [6.45, 7) is 1.82. The lowest BCUT2D eigenvalue weighted by Gasteiger charge is -2.09. The Morgan fingerprint density at radius 1 is 1.33 bits per heavy atom. The number of carboxylic acid groups (broad SMARTS) is 1. The van der Waals surface area contributed by atoms with Crippen LogP contribution in [0.1, 0.15) is 30.4 Å². The van der Waals surface area contributed by atoms with Crippen molar-refractivity contribution in [3.8, 4) is 0 Å². The van der Waals surface area contributed by atoms with Crippen molar-refractivity contribution in [2.75, 3.05) is 6.26 Å². The molecule has 0 fully saturated rings. The van der Waals surface area contributed by atoms with E-state index in [1.807, 2.05) is 6.92 Å². The average molecular weight is 272 g/mol. The molecule has 1 N–H and O–H groups in total. The molecule has 0 unspecified atom stereocenters. The summed E-state index contributed by atoms with van der Waals surface area (Å²) in [5, 5.41) is 8.69. The number of rotatable bonds is 6. The molecule has 0 heterocycles. The van der Waals surface area contributed by atoms with E-state index in [2.05, 4.69) is 4.18 Å². The number of carboxylic acids is 1. The van der Waals surface area contributed by atoms with Crippen LogP contribution in [-0.4, -0.2) is 25.7 Å². The molecule has 100 valence electrons. The third-order valence-corrected chi connectivity index (χ3v) is 3.02. The van der Waals surface area contributed by atoms with Gasteiger partial charge in [-0.3, -0.25) is 8.98 Å². The second-order valence-electron chi connectivity index (χ2n) is 4.21. The van der Waals surface area contributed by atoms with Gasteiger partial charge in [-0.05, 0) is 17.0 Å². The van der Waals surface area contributed by atoms with E-state index in [0.717, 1.165) is 17.4 Å². The van der Waals surface area contributed by atoms with Crippen molar-refractivity contribution in [2.24, 2.45) is 0 Å². The maximum Gasteiger partial charge on any atom is 0.303 e. The summed E-state index contributed by atoms with van der Waals surface area (Å²) in [6, 6.07) is 7.04. The predicted octanol–water partition coefficient (Wildman–Crippen LogP) is 1.74. The number of aliphatic carboxylic acids is 1. The summed E-state index contributed by atoms with van der Waals surface area (Å²) in [4.78, 5) is 10.6. The normalized spacial score (nSPS) is 13.2. The highest BCUT2D eigenvalue weighted by molar-refractivity contribution is 7.85.